The van der Waals surface area contributed by atoms with Gasteiger partial charge in [0.1, 0.15) is 6.04 Å². The molecule has 3 amide bonds. The smallest absolute Gasteiger partial charge is 0.328 e. The highest BCUT2D eigenvalue weighted by Crippen LogP contribution is 2.07. The molecule has 0 aliphatic heterocycles. The Morgan fingerprint density at radius 1 is 1.00 bits per heavy atom. The number of nitrogens with two attached hydrogens (primary N) is 1. The summed E-state index contributed by atoms with van der Waals surface area (Å²) in [6.45, 7) is 4.48. The first kappa shape index (κ1) is 26.1. The number of carbonyl (C=O) groups excluding carboxylic acids is 3. The van der Waals surface area contributed by atoms with Crippen molar-refractivity contribution in [3.05, 3.63) is 35.9 Å². The minimum absolute atomic E-state index is 0.0712. The molecule has 0 aliphatic rings. The molecule has 4 atom stereocenters. The maximum atomic E-state index is 12.5. The van der Waals surface area contributed by atoms with E-state index in [1.807, 2.05) is 44.2 Å². The number of benzene rings is 1. The molecule has 0 radical (unpaired) electrons. The third kappa shape index (κ3) is 9.58. The van der Waals surface area contributed by atoms with E-state index >= 15 is 0 Å². The molecule has 4 unspecified atom stereocenters. The number of amides is 3. The Balaban J connectivity index is 2.66. The summed E-state index contributed by atoms with van der Waals surface area (Å²) >= 11 is 0. The third-order valence-electron chi connectivity index (χ3n) is 4.46. The summed E-state index contributed by atoms with van der Waals surface area (Å²) in [4.78, 5) is 48.0. The molecule has 0 fully saturated rings. The highest BCUT2D eigenvalue weighted by atomic mass is 16.4. The lowest BCUT2D eigenvalue weighted by Gasteiger charge is -2.22. The normalized spacial score (nSPS) is 14.8. The standard InChI is InChI=1S/C21H32N4O6/c1-12(2)9-16(24-19(28)15(22)10-14-7-5-4-6-8-14)20(29)23-11-17(27)25-18(13(3)26)21(30)31/h4-8,12-13,15-16,18,26H,9-11,22H2,1-3H3,(H,23,29)(H,24,28)(H,25,27)(H,30,31). The number of carbonyl (C=O) groups is 4. The first-order chi connectivity index (χ1) is 14.5. The fraction of sp³-hybridized carbons (Fsp3) is 0.524. The van der Waals surface area contributed by atoms with Crippen LogP contribution in [0.4, 0.5) is 0 Å². The molecule has 7 N–H and O–H groups in total. The van der Waals surface area contributed by atoms with Crippen LogP contribution in [0.5, 0.6) is 0 Å². The minimum Gasteiger partial charge on any atom is -0.480 e. The average Bonchev–Trinajstić information content (AvgIpc) is 2.69. The van der Waals surface area contributed by atoms with Gasteiger partial charge in [-0.15, -0.1) is 0 Å². The molecule has 31 heavy (non-hydrogen) atoms. The van der Waals surface area contributed by atoms with Gasteiger partial charge in [-0.05, 0) is 31.2 Å². The molecule has 0 aliphatic carbocycles. The highest BCUT2D eigenvalue weighted by Gasteiger charge is 2.27. The van der Waals surface area contributed by atoms with E-state index in [9.17, 15) is 24.3 Å². The van der Waals surface area contributed by atoms with Gasteiger partial charge in [0, 0.05) is 0 Å². The summed E-state index contributed by atoms with van der Waals surface area (Å²) in [5, 5.41) is 25.5. The molecular formula is C21H32N4O6. The van der Waals surface area contributed by atoms with Gasteiger partial charge in [-0.2, -0.15) is 0 Å². The number of nitrogens with one attached hydrogen (secondary N) is 3. The van der Waals surface area contributed by atoms with Crippen LogP contribution in [0.2, 0.25) is 0 Å². The summed E-state index contributed by atoms with van der Waals surface area (Å²) < 4.78 is 0. The molecule has 0 saturated carbocycles. The Hall–Kier alpha value is -2.98. The van der Waals surface area contributed by atoms with Crippen molar-refractivity contribution < 1.29 is 29.4 Å². The van der Waals surface area contributed by atoms with Crippen LogP contribution in [0.25, 0.3) is 0 Å². The van der Waals surface area contributed by atoms with Crippen molar-refractivity contribution >= 4 is 23.7 Å². The van der Waals surface area contributed by atoms with Crippen molar-refractivity contribution in [2.45, 2.75) is 57.8 Å². The highest BCUT2D eigenvalue weighted by molar-refractivity contribution is 5.92. The van der Waals surface area contributed by atoms with Crippen LogP contribution in [-0.4, -0.2) is 64.7 Å². The lowest BCUT2D eigenvalue weighted by Crippen LogP contribution is -2.55. The molecule has 10 nitrogen and oxygen atoms in total. The fourth-order valence-electron chi connectivity index (χ4n) is 2.85. The maximum Gasteiger partial charge on any atom is 0.328 e. The van der Waals surface area contributed by atoms with Crippen molar-refractivity contribution in [3.63, 3.8) is 0 Å². The Bertz CT molecular complexity index is 753. The van der Waals surface area contributed by atoms with Crippen LogP contribution in [0.3, 0.4) is 0 Å². The van der Waals surface area contributed by atoms with E-state index in [1.165, 1.54) is 6.92 Å². The summed E-state index contributed by atoms with van der Waals surface area (Å²) in [6.07, 6.45) is -0.680. The van der Waals surface area contributed by atoms with E-state index < -0.39 is 54.5 Å². The van der Waals surface area contributed by atoms with Crippen molar-refractivity contribution in [1.82, 2.24) is 16.0 Å². The molecule has 0 heterocycles. The van der Waals surface area contributed by atoms with E-state index in [1.54, 1.807) is 0 Å². The molecule has 10 heteroatoms. The topological polar surface area (TPSA) is 171 Å². The molecule has 1 aromatic rings. The number of rotatable bonds is 12. The zero-order valence-electron chi connectivity index (χ0n) is 18.0. The number of hydrogen-bond acceptors (Lipinski definition) is 6. The monoisotopic (exact) mass is 436 g/mol. The number of carboxylic acid groups (broad SMARTS) is 1. The van der Waals surface area contributed by atoms with Gasteiger partial charge in [0.15, 0.2) is 6.04 Å². The average molecular weight is 437 g/mol. The van der Waals surface area contributed by atoms with Gasteiger partial charge < -0.3 is 31.9 Å². The second kappa shape index (κ2) is 12.7. The second-order valence-corrected chi connectivity index (χ2v) is 7.83. The molecule has 0 saturated heterocycles. The van der Waals surface area contributed by atoms with Gasteiger partial charge in [0.05, 0.1) is 18.7 Å². The first-order valence-corrected chi connectivity index (χ1v) is 10.1. The maximum absolute atomic E-state index is 12.5. The van der Waals surface area contributed by atoms with E-state index in [0.29, 0.717) is 12.8 Å². The number of carboxylic acids is 1. The van der Waals surface area contributed by atoms with Crippen LogP contribution in [0.1, 0.15) is 32.8 Å². The molecule has 0 bridgehead atoms. The Morgan fingerprint density at radius 3 is 2.13 bits per heavy atom. The Kier molecular flexibility index (Phi) is 10.6. The van der Waals surface area contributed by atoms with Crippen molar-refractivity contribution in [1.29, 1.82) is 0 Å². The van der Waals surface area contributed by atoms with Crippen LogP contribution in [-0.2, 0) is 25.6 Å². The molecule has 0 spiro atoms. The molecule has 172 valence electrons. The first-order valence-electron chi connectivity index (χ1n) is 10.1. The van der Waals surface area contributed by atoms with E-state index in [4.69, 9.17) is 10.8 Å². The van der Waals surface area contributed by atoms with Crippen LogP contribution >= 0.6 is 0 Å². The number of aliphatic hydroxyl groups excluding tert-OH is 1. The van der Waals surface area contributed by atoms with Gasteiger partial charge >= 0.3 is 5.97 Å². The fourth-order valence-corrected chi connectivity index (χ4v) is 2.85. The van der Waals surface area contributed by atoms with Gasteiger partial charge in [-0.1, -0.05) is 44.2 Å². The van der Waals surface area contributed by atoms with Gasteiger partial charge in [0.25, 0.3) is 0 Å². The summed E-state index contributed by atoms with van der Waals surface area (Å²) in [5.74, 6) is -3.19. The van der Waals surface area contributed by atoms with Crippen molar-refractivity contribution in [2.75, 3.05) is 6.54 Å². The van der Waals surface area contributed by atoms with Crippen molar-refractivity contribution in [3.8, 4) is 0 Å². The third-order valence-corrected chi connectivity index (χ3v) is 4.46. The number of hydrogen-bond donors (Lipinski definition) is 6. The lowest BCUT2D eigenvalue weighted by atomic mass is 10.0. The number of aliphatic hydroxyl groups is 1. The SMILES string of the molecule is CC(C)CC(NC(=O)C(N)Cc1ccccc1)C(=O)NCC(=O)NC(C(=O)O)C(C)O. The van der Waals surface area contributed by atoms with Gasteiger partial charge in [-0.3, -0.25) is 14.4 Å². The lowest BCUT2D eigenvalue weighted by molar-refractivity contribution is -0.144. The zero-order chi connectivity index (χ0) is 23.6. The van der Waals surface area contributed by atoms with Gasteiger partial charge in [0.2, 0.25) is 17.7 Å². The predicted molar refractivity (Wildman–Crippen MR) is 114 cm³/mol. The van der Waals surface area contributed by atoms with E-state index in [2.05, 4.69) is 16.0 Å². The summed E-state index contributed by atoms with van der Waals surface area (Å²) in [7, 11) is 0. The van der Waals surface area contributed by atoms with Gasteiger partial charge in [-0.25, -0.2) is 4.79 Å². The summed E-state index contributed by atoms with van der Waals surface area (Å²) in [5.41, 5.74) is 6.86. The molecule has 1 aromatic carbocycles. The number of aliphatic carboxylic acids is 1. The molecule has 0 aromatic heterocycles. The van der Waals surface area contributed by atoms with Crippen LogP contribution in [0, 0.1) is 5.92 Å². The minimum atomic E-state index is -1.49. The second-order valence-electron chi connectivity index (χ2n) is 7.83. The van der Waals surface area contributed by atoms with E-state index in [-0.39, 0.29) is 5.92 Å². The van der Waals surface area contributed by atoms with Crippen LogP contribution in [0.15, 0.2) is 30.3 Å². The van der Waals surface area contributed by atoms with E-state index in [0.717, 1.165) is 5.56 Å². The van der Waals surface area contributed by atoms with Crippen LogP contribution < -0.4 is 21.7 Å². The molecular weight excluding hydrogens is 404 g/mol. The predicted octanol–water partition coefficient (Wildman–Crippen LogP) is -0.846. The summed E-state index contributed by atoms with van der Waals surface area (Å²) in [6, 6.07) is 5.98. The largest absolute Gasteiger partial charge is 0.480 e. The van der Waals surface area contributed by atoms with Crippen molar-refractivity contribution in [2.24, 2.45) is 11.7 Å². The Morgan fingerprint density at radius 2 is 1.61 bits per heavy atom. The zero-order valence-corrected chi connectivity index (χ0v) is 18.0. The quantitative estimate of drug-likeness (QED) is 0.248. The molecule has 1 rings (SSSR count). The Labute approximate surface area is 181 Å².